The van der Waals surface area contributed by atoms with Crippen LogP contribution in [-0.2, 0) is 4.74 Å². The summed E-state index contributed by atoms with van der Waals surface area (Å²) in [5, 5.41) is 0. The summed E-state index contributed by atoms with van der Waals surface area (Å²) in [6.45, 7) is 7.12. The summed E-state index contributed by atoms with van der Waals surface area (Å²) in [7, 11) is 2.11. The maximum Gasteiger partial charge on any atom is 0.409 e. The Bertz CT molecular complexity index is 629. The van der Waals surface area contributed by atoms with Crippen LogP contribution in [0.15, 0.2) is 18.2 Å². The van der Waals surface area contributed by atoms with Crippen LogP contribution < -0.4 is 4.90 Å². The van der Waals surface area contributed by atoms with Gasteiger partial charge in [-0.25, -0.2) is 13.6 Å². The largest absolute Gasteiger partial charge is 0.448 e. The smallest absolute Gasteiger partial charge is 0.409 e. The predicted molar refractivity (Wildman–Crippen MR) is 117 cm³/mol. The summed E-state index contributed by atoms with van der Waals surface area (Å²) in [4.78, 5) is 20.2. The number of hydrogen-bond acceptors (Lipinski definition) is 5. The molecule has 0 N–H and O–H groups in total. The number of rotatable bonds is 4. The summed E-state index contributed by atoms with van der Waals surface area (Å²) in [6, 6.07) is 3.57. The van der Waals surface area contributed by atoms with Crippen LogP contribution in [0.3, 0.4) is 0 Å². The molecule has 0 spiro atoms. The Kier molecular flexibility index (Phi) is 12.8. The van der Waals surface area contributed by atoms with Crippen molar-refractivity contribution in [1.29, 1.82) is 0 Å². The van der Waals surface area contributed by atoms with Crippen molar-refractivity contribution in [2.45, 2.75) is 0 Å². The molecule has 0 aliphatic carbocycles. The SMILES string of the molecule is CN1CCN(CCOC(=O)N2CCN(c3ccc(F)cc3F)CC2)CC1.Cl.Cl.Cl. The van der Waals surface area contributed by atoms with E-state index in [0.717, 1.165) is 38.8 Å². The quantitative estimate of drug-likeness (QED) is 0.667. The lowest BCUT2D eigenvalue weighted by molar-refractivity contribution is 0.0778. The van der Waals surface area contributed by atoms with Crippen molar-refractivity contribution in [3.63, 3.8) is 0 Å². The topological polar surface area (TPSA) is 39.3 Å². The summed E-state index contributed by atoms with van der Waals surface area (Å²) < 4.78 is 32.3. The minimum atomic E-state index is -0.589. The second-order valence-corrected chi connectivity index (χ2v) is 6.83. The van der Waals surface area contributed by atoms with E-state index in [1.54, 1.807) is 4.90 Å². The van der Waals surface area contributed by atoms with Crippen LogP contribution >= 0.6 is 37.2 Å². The number of ether oxygens (including phenoxy) is 1. The van der Waals surface area contributed by atoms with Crippen LogP contribution in [0.25, 0.3) is 0 Å². The van der Waals surface area contributed by atoms with Crippen LogP contribution in [0.1, 0.15) is 0 Å². The first-order valence-electron chi connectivity index (χ1n) is 9.05. The Morgan fingerprint density at radius 2 is 1.59 bits per heavy atom. The maximum absolute atomic E-state index is 13.9. The number of piperazine rings is 2. The van der Waals surface area contributed by atoms with Gasteiger partial charge in [-0.3, -0.25) is 4.90 Å². The molecule has 11 heteroatoms. The molecule has 1 aromatic carbocycles. The second-order valence-electron chi connectivity index (χ2n) is 6.83. The molecule has 6 nitrogen and oxygen atoms in total. The first-order chi connectivity index (χ1) is 12.5. The number of amides is 1. The summed E-state index contributed by atoms with van der Waals surface area (Å²) in [5.74, 6) is -1.16. The van der Waals surface area contributed by atoms with Crippen LogP contribution in [0.4, 0.5) is 19.3 Å². The highest BCUT2D eigenvalue weighted by atomic mass is 35.5. The number of nitrogens with zero attached hydrogens (tertiary/aromatic N) is 4. The Labute approximate surface area is 189 Å². The Morgan fingerprint density at radius 3 is 2.17 bits per heavy atom. The molecule has 2 aliphatic rings. The second kappa shape index (κ2) is 13.3. The van der Waals surface area contributed by atoms with E-state index in [-0.39, 0.29) is 43.3 Å². The molecule has 0 saturated carbocycles. The molecule has 1 aromatic rings. The molecule has 0 radical (unpaired) electrons. The number of likely N-dealkylation sites (N-methyl/N-ethyl adjacent to an activating group) is 1. The lowest BCUT2D eigenvalue weighted by Gasteiger charge is -2.36. The van der Waals surface area contributed by atoms with Crippen molar-refractivity contribution in [2.75, 3.05) is 77.5 Å². The van der Waals surface area contributed by atoms with Crippen molar-refractivity contribution >= 4 is 49.0 Å². The summed E-state index contributed by atoms with van der Waals surface area (Å²) >= 11 is 0. The molecule has 0 bridgehead atoms. The van der Waals surface area contributed by atoms with E-state index in [0.29, 0.717) is 38.5 Å². The van der Waals surface area contributed by atoms with E-state index < -0.39 is 11.6 Å². The monoisotopic (exact) mass is 476 g/mol. The van der Waals surface area contributed by atoms with Gasteiger partial charge in [-0.15, -0.1) is 37.2 Å². The normalized spacial score (nSPS) is 17.6. The van der Waals surface area contributed by atoms with Crippen LogP contribution in [0.2, 0.25) is 0 Å². The third-order valence-corrected chi connectivity index (χ3v) is 5.02. The highest BCUT2D eigenvalue weighted by molar-refractivity contribution is 5.86. The zero-order valence-corrected chi connectivity index (χ0v) is 18.8. The van der Waals surface area contributed by atoms with E-state index in [1.807, 2.05) is 4.90 Å². The van der Waals surface area contributed by atoms with Gasteiger partial charge in [0.1, 0.15) is 18.2 Å². The zero-order chi connectivity index (χ0) is 18.5. The Balaban J connectivity index is 0.00000261. The number of carbonyl (C=O) groups is 1. The highest BCUT2D eigenvalue weighted by Crippen LogP contribution is 2.21. The van der Waals surface area contributed by atoms with Gasteiger partial charge < -0.3 is 19.4 Å². The van der Waals surface area contributed by atoms with Gasteiger partial charge in [0.2, 0.25) is 0 Å². The molecule has 2 aliphatic heterocycles. The first kappa shape index (κ1) is 27.9. The minimum absolute atomic E-state index is 0. The minimum Gasteiger partial charge on any atom is -0.448 e. The molecule has 0 unspecified atom stereocenters. The molecular formula is C18H29Cl3F2N4O2. The van der Waals surface area contributed by atoms with Crippen molar-refractivity contribution in [2.24, 2.45) is 0 Å². The number of hydrogen-bond donors (Lipinski definition) is 0. The number of halogens is 5. The summed E-state index contributed by atoms with van der Waals surface area (Å²) in [5.41, 5.74) is 0.370. The van der Waals surface area contributed by atoms with Gasteiger partial charge in [0.15, 0.2) is 0 Å². The molecule has 29 heavy (non-hydrogen) atoms. The first-order valence-corrected chi connectivity index (χ1v) is 9.05. The molecule has 1 amide bonds. The molecule has 2 saturated heterocycles. The van der Waals surface area contributed by atoms with Crippen molar-refractivity contribution < 1.29 is 18.3 Å². The van der Waals surface area contributed by atoms with Gasteiger partial charge in [0, 0.05) is 65.0 Å². The van der Waals surface area contributed by atoms with Gasteiger partial charge >= 0.3 is 6.09 Å². The fourth-order valence-electron chi connectivity index (χ4n) is 3.29. The molecule has 3 rings (SSSR count). The average Bonchev–Trinajstić information content (AvgIpc) is 2.63. The number of carbonyl (C=O) groups excluding carboxylic acids is 1. The maximum atomic E-state index is 13.9. The van der Waals surface area contributed by atoms with Crippen LogP contribution in [0.5, 0.6) is 0 Å². The Morgan fingerprint density at radius 1 is 0.966 bits per heavy atom. The Hall–Kier alpha value is -1.06. The molecule has 2 fully saturated rings. The highest BCUT2D eigenvalue weighted by Gasteiger charge is 2.24. The summed E-state index contributed by atoms with van der Waals surface area (Å²) in [6.07, 6.45) is -0.321. The number of anilines is 1. The van der Waals surface area contributed by atoms with Gasteiger partial charge in [0.05, 0.1) is 5.69 Å². The van der Waals surface area contributed by atoms with E-state index >= 15 is 0 Å². The molecule has 2 heterocycles. The third-order valence-electron chi connectivity index (χ3n) is 5.02. The predicted octanol–water partition coefficient (Wildman–Crippen LogP) is 2.74. The van der Waals surface area contributed by atoms with Crippen molar-refractivity contribution in [3.8, 4) is 0 Å². The fraction of sp³-hybridized carbons (Fsp3) is 0.611. The molecular weight excluding hydrogens is 449 g/mol. The zero-order valence-electron chi connectivity index (χ0n) is 16.4. The van der Waals surface area contributed by atoms with Crippen LogP contribution in [-0.4, -0.2) is 93.4 Å². The van der Waals surface area contributed by atoms with Crippen molar-refractivity contribution in [1.82, 2.24) is 14.7 Å². The van der Waals surface area contributed by atoms with Gasteiger partial charge in [-0.05, 0) is 19.2 Å². The van der Waals surface area contributed by atoms with Crippen molar-refractivity contribution in [3.05, 3.63) is 29.8 Å². The van der Waals surface area contributed by atoms with E-state index in [2.05, 4.69) is 16.8 Å². The lowest BCUT2D eigenvalue weighted by Crippen LogP contribution is -2.50. The van der Waals surface area contributed by atoms with Gasteiger partial charge in [-0.1, -0.05) is 0 Å². The molecule has 0 aromatic heterocycles. The van der Waals surface area contributed by atoms with E-state index in [1.165, 1.54) is 12.1 Å². The van der Waals surface area contributed by atoms with Crippen LogP contribution in [0, 0.1) is 11.6 Å². The lowest BCUT2D eigenvalue weighted by atomic mass is 10.2. The average molecular weight is 478 g/mol. The molecule has 0 atom stereocenters. The fourth-order valence-corrected chi connectivity index (χ4v) is 3.29. The van der Waals surface area contributed by atoms with E-state index in [4.69, 9.17) is 4.74 Å². The van der Waals surface area contributed by atoms with Gasteiger partial charge in [-0.2, -0.15) is 0 Å². The van der Waals surface area contributed by atoms with Gasteiger partial charge in [0.25, 0.3) is 0 Å². The number of benzene rings is 1. The standard InChI is InChI=1S/C18H26F2N4O2.3ClH/c1-21-4-6-22(7-5-21)12-13-26-18(25)24-10-8-23(9-11-24)17-3-2-15(19)14-16(17)20;;;/h2-3,14H,4-13H2,1H3;3*1H. The third kappa shape index (κ3) is 7.94. The van der Waals surface area contributed by atoms with E-state index in [9.17, 15) is 13.6 Å². The molecule has 168 valence electrons.